The first-order valence-corrected chi connectivity index (χ1v) is 7.96. The molecule has 0 saturated carbocycles. The highest BCUT2D eigenvalue weighted by Crippen LogP contribution is 2.23. The maximum Gasteiger partial charge on any atom is 0.251 e. The van der Waals surface area contributed by atoms with Crippen LogP contribution in [0, 0.1) is 5.92 Å². The van der Waals surface area contributed by atoms with Crippen molar-refractivity contribution < 1.29 is 9.53 Å². The van der Waals surface area contributed by atoms with E-state index in [9.17, 15) is 4.79 Å². The fraction of sp³-hybridized carbons (Fsp3) is 0.625. The van der Waals surface area contributed by atoms with Gasteiger partial charge in [-0.05, 0) is 30.9 Å². The van der Waals surface area contributed by atoms with Gasteiger partial charge < -0.3 is 10.1 Å². The zero-order valence-corrected chi connectivity index (χ0v) is 13.6. The van der Waals surface area contributed by atoms with Crippen LogP contribution in [0.15, 0.2) is 12.1 Å². The summed E-state index contributed by atoms with van der Waals surface area (Å²) in [5.41, 5.74) is 1.41. The molecule has 4 nitrogen and oxygen atoms in total. The maximum absolute atomic E-state index is 12.3. The molecule has 2 unspecified atom stereocenters. The Kier molecular flexibility index (Phi) is 5.59. The molecule has 5 heteroatoms. The van der Waals surface area contributed by atoms with Gasteiger partial charge in [0.2, 0.25) is 0 Å². The van der Waals surface area contributed by atoms with Crippen molar-refractivity contribution in [3.63, 3.8) is 0 Å². The Morgan fingerprint density at radius 2 is 2.29 bits per heavy atom. The number of carbonyl (C=O) groups excluding carboxylic acids is 1. The van der Waals surface area contributed by atoms with E-state index in [0.29, 0.717) is 23.2 Å². The average Bonchev–Trinajstić information content (AvgIpc) is 2.91. The summed E-state index contributed by atoms with van der Waals surface area (Å²) in [5, 5.41) is 3.36. The number of amides is 1. The van der Waals surface area contributed by atoms with Gasteiger partial charge in [0.15, 0.2) is 0 Å². The molecule has 2 heterocycles. The average molecular weight is 311 g/mol. The number of halogens is 1. The van der Waals surface area contributed by atoms with E-state index in [1.807, 2.05) is 19.9 Å². The quantitative estimate of drug-likeness (QED) is 0.848. The molecule has 1 aromatic heterocycles. The van der Waals surface area contributed by atoms with Gasteiger partial charge in [-0.3, -0.25) is 4.79 Å². The molecule has 1 N–H and O–H groups in total. The molecule has 1 aliphatic rings. The highest BCUT2D eigenvalue weighted by molar-refractivity contribution is 6.29. The number of carbonyl (C=O) groups is 1. The molecule has 0 bridgehead atoms. The van der Waals surface area contributed by atoms with Crippen molar-refractivity contribution in [2.45, 2.75) is 45.6 Å². The lowest BCUT2D eigenvalue weighted by molar-refractivity contribution is 0.0827. The van der Waals surface area contributed by atoms with E-state index in [2.05, 4.69) is 17.2 Å². The number of nitrogens with one attached hydrogen (secondary N) is 1. The number of rotatable bonds is 5. The van der Waals surface area contributed by atoms with Gasteiger partial charge in [-0.15, -0.1) is 0 Å². The lowest BCUT2D eigenvalue weighted by Gasteiger charge is -2.17. The van der Waals surface area contributed by atoms with Gasteiger partial charge in [-0.1, -0.05) is 32.4 Å². The van der Waals surface area contributed by atoms with Crippen LogP contribution in [0.4, 0.5) is 0 Å². The third-order valence-electron chi connectivity index (χ3n) is 3.94. The monoisotopic (exact) mass is 310 g/mol. The van der Waals surface area contributed by atoms with Gasteiger partial charge >= 0.3 is 0 Å². The van der Waals surface area contributed by atoms with Crippen LogP contribution in [0.3, 0.4) is 0 Å². The smallest absolute Gasteiger partial charge is 0.251 e. The predicted molar refractivity (Wildman–Crippen MR) is 83.8 cm³/mol. The van der Waals surface area contributed by atoms with Gasteiger partial charge in [0.25, 0.3) is 5.91 Å². The van der Waals surface area contributed by atoms with Crippen molar-refractivity contribution in [3.8, 4) is 0 Å². The molecule has 0 aromatic carbocycles. The largest absolute Gasteiger partial charge is 0.378 e. The van der Waals surface area contributed by atoms with Crippen LogP contribution in [0.1, 0.15) is 55.6 Å². The van der Waals surface area contributed by atoms with Gasteiger partial charge in [-0.2, -0.15) is 0 Å². The van der Waals surface area contributed by atoms with E-state index in [1.165, 1.54) is 0 Å². The summed E-state index contributed by atoms with van der Waals surface area (Å²) < 4.78 is 5.64. The Morgan fingerprint density at radius 3 is 2.95 bits per heavy atom. The van der Waals surface area contributed by atoms with E-state index in [0.717, 1.165) is 25.1 Å². The normalized spacial score (nSPS) is 21.8. The van der Waals surface area contributed by atoms with E-state index >= 15 is 0 Å². The summed E-state index contributed by atoms with van der Waals surface area (Å²) in [6, 6.07) is 3.43. The standard InChI is InChI=1S/C16H23ClN2O2/c1-4-14-11(5-6-21-14)9-18-16(20)12-7-13(10(2)3)19-15(17)8-12/h7-8,10-11,14H,4-6,9H2,1-3H3,(H,18,20). The molecule has 116 valence electrons. The Morgan fingerprint density at radius 1 is 1.52 bits per heavy atom. The molecule has 1 aliphatic heterocycles. The highest BCUT2D eigenvalue weighted by atomic mass is 35.5. The zero-order chi connectivity index (χ0) is 15.4. The molecule has 1 amide bonds. The zero-order valence-electron chi connectivity index (χ0n) is 12.9. The van der Waals surface area contributed by atoms with Crippen molar-refractivity contribution >= 4 is 17.5 Å². The molecule has 0 aliphatic carbocycles. The van der Waals surface area contributed by atoms with Gasteiger partial charge in [-0.25, -0.2) is 4.98 Å². The van der Waals surface area contributed by atoms with Crippen LogP contribution in [0.25, 0.3) is 0 Å². The summed E-state index contributed by atoms with van der Waals surface area (Å²) in [4.78, 5) is 16.5. The molecule has 0 spiro atoms. The number of hydrogen-bond acceptors (Lipinski definition) is 3. The van der Waals surface area contributed by atoms with Gasteiger partial charge in [0.05, 0.1) is 6.10 Å². The van der Waals surface area contributed by atoms with Crippen molar-refractivity contribution in [3.05, 3.63) is 28.5 Å². The number of ether oxygens (including phenoxy) is 1. The van der Waals surface area contributed by atoms with Crippen LogP contribution in [-0.4, -0.2) is 30.1 Å². The minimum Gasteiger partial charge on any atom is -0.378 e. The van der Waals surface area contributed by atoms with Crippen LogP contribution in [0.2, 0.25) is 5.15 Å². The maximum atomic E-state index is 12.3. The number of nitrogens with zero attached hydrogens (tertiary/aromatic N) is 1. The second-order valence-corrected chi connectivity index (χ2v) is 6.22. The van der Waals surface area contributed by atoms with E-state index in [1.54, 1.807) is 6.07 Å². The summed E-state index contributed by atoms with van der Waals surface area (Å²) >= 11 is 6.00. The topological polar surface area (TPSA) is 51.2 Å². The van der Waals surface area contributed by atoms with Crippen molar-refractivity contribution in [1.29, 1.82) is 0 Å². The Labute approximate surface area is 131 Å². The summed E-state index contributed by atoms with van der Waals surface area (Å²) in [7, 11) is 0. The molecule has 1 saturated heterocycles. The molecular weight excluding hydrogens is 288 g/mol. The third-order valence-corrected chi connectivity index (χ3v) is 4.13. The van der Waals surface area contributed by atoms with E-state index in [-0.39, 0.29) is 17.9 Å². The Bertz CT molecular complexity index is 505. The van der Waals surface area contributed by atoms with Crippen LogP contribution in [-0.2, 0) is 4.74 Å². The Hall–Kier alpha value is -1.13. The number of hydrogen-bond donors (Lipinski definition) is 1. The van der Waals surface area contributed by atoms with Gasteiger partial charge in [0.1, 0.15) is 5.15 Å². The van der Waals surface area contributed by atoms with Crippen molar-refractivity contribution in [1.82, 2.24) is 10.3 Å². The summed E-state index contributed by atoms with van der Waals surface area (Å²) in [6.45, 7) is 7.61. The molecule has 2 atom stereocenters. The molecule has 1 fully saturated rings. The van der Waals surface area contributed by atoms with Gasteiger partial charge in [0, 0.05) is 30.3 Å². The first-order chi connectivity index (χ1) is 10.0. The molecule has 2 rings (SSSR count). The molecule has 21 heavy (non-hydrogen) atoms. The van der Waals surface area contributed by atoms with Crippen LogP contribution < -0.4 is 5.32 Å². The van der Waals surface area contributed by atoms with Crippen molar-refractivity contribution in [2.75, 3.05) is 13.2 Å². The first-order valence-electron chi connectivity index (χ1n) is 7.58. The third kappa shape index (κ3) is 4.17. The van der Waals surface area contributed by atoms with E-state index in [4.69, 9.17) is 16.3 Å². The minimum absolute atomic E-state index is 0.0945. The summed E-state index contributed by atoms with van der Waals surface area (Å²) in [5.74, 6) is 0.548. The second kappa shape index (κ2) is 7.23. The second-order valence-electron chi connectivity index (χ2n) is 5.83. The molecule has 0 radical (unpaired) electrons. The van der Waals surface area contributed by atoms with Crippen molar-refractivity contribution in [2.24, 2.45) is 5.92 Å². The first kappa shape index (κ1) is 16.2. The lowest BCUT2D eigenvalue weighted by Crippen LogP contribution is -2.32. The van der Waals surface area contributed by atoms with E-state index < -0.39 is 0 Å². The molecule has 1 aromatic rings. The summed E-state index contributed by atoms with van der Waals surface area (Å²) in [6.07, 6.45) is 2.25. The Balaban J connectivity index is 2.00. The van der Waals surface area contributed by atoms with Crippen LogP contribution in [0.5, 0.6) is 0 Å². The lowest BCUT2D eigenvalue weighted by atomic mass is 9.99. The SMILES string of the molecule is CCC1OCCC1CNC(=O)c1cc(Cl)nc(C(C)C)c1. The number of pyridine rings is 1. The molecular formula is C16H23ClN2O2. The minimum atomic E-state index is -0.0945. The fourth-order valence-electron chi connectivity index (χ4n) is 2.65. The van der Waals surface area contributed by atoms with Crippen LogP contribution >= 0.6 is 11.6 Å². The predicted octanol–water partition coefficient (Wildman–Crippen LogP) is 3.40. The number of aromatic nitrogens is 1. The fourth-order valence-corrected chi connectivity index (χ4v) is 2.86. The highest BCUT2D eigenvalue weighted by Gasteiger charge is 2.27.